The van der Waals surface area contributed by atoms with Gasteiger partial charge in [-0.15, -0.1) is 0 Å². The van der Waals surface area contributed by atoms with Crippen molar-refractivity contribution in [2.75, 3.05) is 0 Å². The molecule has 23 heavy (non-hydrogen) atoms. The number of nitrogens with zero attached hydrogens (tertiary/aromatic N) is 3. The van der Waals surface area contributed by atoms with Crippen molar-refractivity contribution < 1.29 is 4.79 Å². The van der Waals surface area contributed by atoms with Gasteiger partial charge >= 0.3 is 0 Å². The predicted molar refractivity (Wildman–Crippen MR) is 91.6 cm³/mol. The second kappa shape index (κ2) is 6.24. The first-order valence-corrected chi connectivity index (χ1v) is 9.15. The van der Waals surface area contributed by atoms with Crippen LogP contribution in [0.1, 0.15) is 37.9 Å². The number of ketones is 1. The summed E-state index contributed by atoms with van der Waals surface area (Å²) < 4.78 is 1.85. The van der Waals surface area contributed by atoms with E-state index < -0.39 is 0 Å². The van der Waals surface area contributed by atoms with E-state index in [1.54, 1.807) is 11.3 Å². The van der Waals surface area contributed by atoms with Crippen molar-refractivity contribution in [3.8, 4) is 11.3 Å². The number of thiophene rings is 1. The maximum atomic E-state index is 12.5. The quantitative estimate of drug-likeness (QED) is 0.724. The number of pyridine rings is 1. The van der Waals surface area contributed by atoms with Crippen LogP contribution in [0.2, 0.25) is 0 Å². The highest BCUT2D eigenvalue weighted by Gasteiger charge is 2.22. The van der Waals surface area contributed by atoms with E-state index in [-0.39, 0.29) is 5.92 Å². The van der Waals surface area contributed by atoms with Gasteiger partial charge in [-0.3, -0.25) is 4.79 Å². The maximum absolute atomic E-state index is 12.5. The monoisotopic (exact) mass is 325 g/mol. The second-order valence-corrected chi connectivity index (χ2v) is 6.98. The maximum Gasteiger partial charge on any atom is 0.159 e. The second-order valence-electron chi connectivity index (χ2n) is 6.20. The van der Waals surface area contributed by atoms with Crippen LogP contribution >= 0.6 is 11.3 Å². The van der Waals surface area contributed by atoms with E-state index in [4.69, 9.17) is 0 Å². The van der Waals surface area contributed by atoms with Gasteiger partial charge in [0.05, 0.1) is 12.1 Å². The van der Waals surface area contributed by atoms with Gasteiger partial charge in [-0.25, -0.2) is 9.50 Å². The van der Waals surface area contributed by atoms with E-state index in [0.29, 0.717) is 18.0 Å². The van der Waals surface area contributed by atoms with Crippen molar-refractivity contribution in [3.05, 3.63) is 40.8 Å². The van der Waals surface area contributed by atoms with Crippen LogP contribution in [0, 0.1) is 5.92 Å². The van der Waals surface area contributed by atoms with Gasteiger partial charge in [-0.2, -0.15) is 16.4 Å². The zero-order valence-corrected chi connectivity index (χ0v) is 13.8. The fraction of sp³-hybridized carbons (Fsp3) is 0.389. The van der Waals surface area contributed by atoms with Crippen molar-refractivity contribution >= 4 is 22.8 Å². The van der Waals surface area contributed by atoms with Gasteiger partial charge in [0.15, 0.2) is 11.5 Å². The Labute approximate surface area is 139 Å². The van der Waals surface area contributed by atoms with E-state index in [1.165, 1.54) is 19.3 Å². The molecule has 0 N–H and O–H groups in total. The summed E-state index contributed by atoms with van der Waals surface area (Å²) in [6, 6.07) is 8.05. The Morgan fingerprint density at radius 1 is 1.22 bits per heavy atom. The van der Waals surface area contributed by atoms with Crippen LogP contribution in [0.5, 0.6) is 0 Å². The first-order valence-electron chi connectivity index (χ1n) is 8.21. The summed E-state index contributed by atoms with van der Waals surface area (Å²) in [4.78, 5) is 17.0. The molecule has 1 aliphatic carbocycles. The number of carbonyl (C=O) groups is 1. The van der Waals surface area contributed by atoms with Gasteiger partial charge < -0.3 is 0 Å². The van der Waals surface area contributed by atoms with E-state index >= 15 is 0 Å². The number of Topliss-reactive ketones (excluding diaryl/α,β-unsaturated/α-hetero) is 1. The lowest BCUT2D eigenvalue weighted by Gasteiger charge is -2.19. The predicted octanol–water partition coefficient (Wildman–Crippen LogP) is 4.15. The minimum Gasteiger partial charge on any atom is -0.299 e. The van der Waals surface area contributed by atoms with Crippen LogP contribution in [0.25, 0.3) is 16.9 Å². The number of rotatable bonds is 4. The highest BCUT2D eigenvalue weighted by Crippen LogP contribution is 2.26. The molecule has 0 aromatic carbocycles. The van der Waals surface area contributed by atoms with Crippen LogP contribution in [-0.2, 0) is 11.2 Å². The Morgan fingerprint density at radius 3 is 2.87 bits per heavy atom. The number of hydrogen-bond acceptors (Lipinski definition) is 4. The lowest BCUT2D eigenvalue weighted by Crippen LogP contribution is -2.20. The lowest BCUT2D eigenvalue weighted by atomic mass is 9.85. The number of fused-ring (bicyclic) bond motifs is 1. The minimum atomic E-state index is 0.215. The van der Waals surface area contributed by atoms with Crippen LogP contribution in [-0.4, -0.2) is 20.4 Å². The highest BCUT2D eigenvalue weighted by molar-refractivity contribution is 7.08. The number of hydrogen-bond donors (Lipinski definition) is 0. The van der Waals surface area contributed by atoms with Gasteiger partial charge in [-0.1, -0.05) is 25.3 Å². The van der Waals surface area contributed by atoms with Crippen LogP contribution in [0.3, 0.4) is 0 Å². The number of carbonyl (C=O) groups excluding carboxylic acids is 1. The smallest absolute Gasteiger partial charge is 0.159 e. The van der Waals surface area contributed by atoms with E-state index in [2.05, 4.69) is 26.9 Å². The van der Waals surface area contributed by atoms with Crippen LogP contribution in [0.15, 0.2) is 35.0 Å². The summed E-state index contributed by atoms with van der Waals surface area (Å²) in [5.41, 5.74) is 2.96. The molecule has 4 nitrogen and oxygen atoms in total. The fourth-order valence-electron chi connectivity index (χ4n) is 3.38. The van der Waals surface area contributed by atoms with E-state index in [9.17, 15) is 4.79 Å². The molecule has 3 aromatic rings. The van der Waals surface area contributed by atoms with Gasteiger partial charge in [0.25, 0.3) is 0 Å². The third-order valence-corrected chi connectivity index (χ3v) is 5.30. The Bertz CT molecular complexity index is 816. The molecule has 0 saturated heterocycles. The molecule has 0 amide bonds. The molecule has 4 rings (SSSR count). The normalized spacial score (nSPS) is 16.0. The van der Waals surface area contributed by atoms with Gasteiger partial charge in [0, 0.05) is 16.9 Å². The fourth-order valence-corrected chi connectivity index (χ4v) is 4.03. The van der Waals surface area contributed by atoms with Crippen molar-refractivity contribution in [1.82, 2.24) is 14.6 Å². The Morgan fingerprint density at radius 2 is 2.09 bits per heavy atom. The average Bonchev–Trinajstić information content (AvgIpc) is 3.24. The first kappa shape index (κ1) is 14.6. The molecular weight excluding hydrogens is 306 g/mol. The Kier molecular flexibility index (Phi) is 3.95. The largest absolute Gasteiger partial charge is 0.299 e. The molecule has 0 spiro atoms. The summed E-state index contributed by atoms with van der Waals surface area (Å²) in [6.07, 6.45) is 6.04. The van der Waals surface area contributed by atoms with Crippen molar-refractivity contribution in [1.29, 1.82) is 0 Å². The standard InChI is InChI=1S/C18H19N3OS/c22-16(13-5-2-1-3-6-13)11-17-19-18-8-4-7-15(21(18)20-17)14-9-10-23-12-14/h4,7-10,12-13H,1-3,5-6,11H2. The van der Waals surface area contributed by atoms with Crippen molar-refractivity contribution in [3.63, 3.8) is 0 Å². The molecule has 0 radical (unpaired) electrons. The molecule has 1 saturated carbocycles. The van der Waals surface area contributed by atoms with Crippen LogP contribution in [0.4, 0.5) is 0 Å². The zero-order chi connectivity index (χ0) is 15.6. The molecule has 118 valence electrons. The average molecular weight is 325 g/mol. The Hall–Kier alpha value is -2.01. The highest BCUT2D eigenvalue weighted by atomic mass is 32.1. The number of aromatic nitrogens is 3. The SMILES string of the molecule is O=C(Cc1nc2cccc(-c3ccsc3)n2n1)C1CCCCC1. The third-order valence-electron chi connectivity index (χ3n) is 4.61. The van der Waals surface area contributed by atoms with Crippen molar-refractivity contribution in [2.45, 2.75) is 38.5 Å². The third kappa shape index (κ3) is 2.93. The summed E-state index contributed by atoms with van der Waals surface area (Å²) in [5, 5.41) is 8.75. The molecular formula is C18H19N3OS. The molecule has 5 heteroatoms. The topological polar surface area (TPSA) is 47.3 Å². The minimum absolute atomic E-state index is 0.215. The van der Waals surface area contributed by atoms with Gasteiger partial charge in [-0.05, 0) is 36.4 Å². The Balaban J connectivity index is 1.61. The van der Waals surface area contributed by atoms with Crippen LogP contribution < -0.4 is 0 Å². The molecule has 1 fully saturated rings. The summed E-state index contributed by atoms with van der Waals surface area (Å²) in [5.74, 6) is 1.16. The summed E-state index contributed by atoms with van der Waals surface area (Å²) in [7, 11) is 0. The molecule has 0 atom stereocenters. The van der Waals surface area contributed by atoms with Gasteiger partial charge in [0.1, 0.15) is 5.78 Å². The van der Waals surface area contributed by atoms with Crippen molar-refractivity contribution in [2.24, 2.45) is 5.92 Å². The summed E-state index contributed by atoms with van der Waals surface area (Å²) >= 11 is 1.66. The zero-order valence-electron chi connectivity index (χ0n) is 12.9. The molecule has 0 unspecified atom stereocenters. The summed E-state index contributed by atoms with van der Waals surface area (Å²) in [6.45, 7) is 0. The van der Waals surface area contributed by atoms with Gasteiger partial charge in [0.2, 0.25) is 0 Å². The lowest BCUT2D eigenvalue weighted by molar-refractivity contribution is -0.123. The van der Waals surface area contributed by atoms with E-state index in [0.717, 1.165) is 29.7 Å². The molecule has 1 aliphatic rings. The first-order chi connectivity index (χ1) is 11.3. The molecule has 3 heterocycles. The molecule has 3 aromatic heterocycles. The van der Waals surface area contributed by atoms with E-state index in [1.807, 2.05) is 22.7 Å². The molecule has 0 bridgehead atoms. The molecule has 0 aliphatic heterocycles.